The lowest BCUT2D eigenvalue weighted by molar-refractivity contribution is 0.409. The first-order valence-corrected chi connectivity index (χ1v) is 6.73. The van der Waals surface area contributed by atoms with Gasteiger partial charge in [-0.3, -0.25) is 0 Å². The van der Waals surface area contributed by atoms with E-state index >= 15 is 0 Å². The second-order valence-electron chi connectivity index (χ2n) is 5.09. The van der Waals surface area contributed by atoms with E-state index in [1.54, 1.807) is 13.4 Å². The van der Waals surface area contributed by atoms with E-state index in [0.29, 0.717) is 6.04 Å². The lowest BCUT2D eigenvalue weighted by Crippen LogP contribution is -2.33. The highest BCUT2D eigenvalue weighted by Gasteiger charge is 2.39. The van der Waals surface area contributed by atoms with Crippen molar-refractivity contribution < 1.29 is 4.74 Å². The Morgan fingerprint density at radius 1 is 1.44 bits per heavy atom. The van der Waals surface area contributed by atoms with Gasteiger partial charge in [-0.05, 0) is 32.1 Å². The van der Waals surface area contributed by atoms with E-state index < -0.39 is 0 Å². The Bertz CT molecular complexity index is 437. The van der Waals surface area contributed by atoms with Crippen molar-refractivity contribution >= 4 is 11.6 Å². The van der Waals surface area contributed by atoms with Crippen LogP contribution < -0.4 is 15.0 Å². The summed E-state index contributed by atoms with van der Waals surface area (Å²) in [7, 11) is 1.69. The number of piperidine rings is 1. The van der Waals surface area contributed by atoms with Crippen molar-refractivity contribution in [3.05, 3.63) is 6.33 Å². The van der Waals surface area contributed by atoms with Crippen molar-refractivity contribution in [2.24, 2.45) is 5.92 Å². The monoisotopic (exact) mass is 248 g/mol. The average molecular weight is 248 g/mol. The van der Waals surface area contributed by atoms with Crippen LogP contribution in [0.1, 0.15) is 26.2 Å². The summed E-state index contributed by atoms with van der Waals surface area (Å²) in [6.45, 7) is 4.00. The summed E-state index contributed by atoms with van der Waals surface area (Å²) in [5, 5.41) is 3.23. The highest BCUT2D eigenvalue weighted by atomic mass is 16.5. The Hall–Kier alpha value is -1.52. The van der Waals surface area contributed by atoms with Crippen molar-refractivity contribution in [3.8, 4) is 5.75 Å². The number of fused-ring (bicyclic) bond motifs is 2. The van der Waals surface area contributed by atoms with Gasteiger partial charge in [0.05, 0.1) is 7.11 Å². The maximum Gasteiger partial charge on any atom is 0.204 e. The van der Waals surface area contributed by atoms with Crippen LogP contribution in [-0.4, -0.2) is 36.2 Å². The van der Waals surface area contributed by atoms with Gasteiger partial charge in [-0.2, -0.15) is 0 Å². The minimum atomic E-state index is 0.647. The molecular formula is C13H20N4O. The maximum atomic E-state index is 5.52. The van der Waals surface area contributed by atoms with Crippen LogP contribution in [0.3, 0.4) is 0 Å². The van der Waals surface area contributed by atoms with Gasteiger partial charge < -0.3 is 15.0 Å². The van der Waals surface area contributed by atoms with E-state index in [2.05, 4.69) is 27.1 Å². The summed E-state index contributed by atoms with van der Waals surface area (Å²) in [5.74, 6) is 3.38. The third kappa shape index (κ3) is 1.78. The molecule has 1 aliphatic heterocycles. The van der Waals surface area contributed by atoms with Gasteiger partial charge in [0, 0.05) is 19.1 Å². The molecule has 5 nitrogen and oxygen atoms in total. The highest BCUT2D eigenvalue weighted by Crippen LogP contribution is 2.43. The number of nitrogens with zero attached hydrogens (tertiary/aromatic N) is 3. The van der Waals surface area contributed by atoms with Crippen molar-refractivity contribution in [2.75, 3.05) is 30.4 Å². The summed E-state index contributed by atoms with van der Waals surface area (Å²) in [4.78, 5) is 11.1. The number of rotatable bonds is 4. The average Bonchev–Trinajstić information content (AvgIpc) is 3.01. The quantitative estimate of drug-likeness (QED) is 0.882. The molecule has 1 N–H and O–H groups in total. The third-order valence-electron chi connectivity index (χ3n) is 4.01. The second kappa shape index (κ2) is 4.63. The van der Waals surface area contributed by atoms with Gasteiger partial charge in [0.2, 0.25) is 5.75 Å². The summed E-state index contributed by atoms with van der Waals surface area (Å²) < 4.78 is 5.52. The van der Waals surface area contributed by atoms with Crippen LogP contribution in [0.4, 0.5) is 11.6 Å². The molecule has 0 aromatic carbocycles. The third-order valence-corrected chi connectivity index (χ3v) is 4.01. The predicted octanol–water partition coefficient (Wildman–Crippen LogP) is 1.91. The van der Waals surface area contributed by atoms with Gasteiger partial charge in [0.15, 0.2) is 11.6 Å². The Balaban J connectivity index is 1.93. The van der Waals surface area contributed by atoms with Crippen LogP contribution in [0.25, 0.3) is 0 Å². The first kappa shape index (κ1) is 11.6. The predicted molar refractivity (Wildman–Crippen MR) is 71.2 cm³/mol. The number of ether oxygens (including phenoxy) is 1. The van der Waals surface area contributed by atoms with Gasteiger partial charge in [-0.25, -0.2) is 9.97 Å². The SMILES string of the molecule is CCNc1ncnc(N2CC3CCC2C3)c1OC. The molecular weight excluding hydrogens is 228 g/mol. The Morgan fingerprint density at radius 2 is 2.33 bits per heavy atom. The van der Waals surface area contributed by atoms with Gasteiger partial charge in [0.1, 0.15) is 6.33 Å². The first-order chi connectivity index (χ1) is 8.83. The number of anilines is 2. The molecule has 5 heteroatoms. The van der Waals surface area contributed by atoms with Crippen LogP contribution >= 0.6 is 0 Å². The normalized spacial score (nSPS) is 25.6. The zero-order valence-corrected chi connectivity index (χ0v) is 11.0. The zero-order chi connectivity index (χ0) is 12.5. The van der Waals surface area contributed by atoms with Crippen LogP contribution in [0, 0.1) is 5.92 Å². The van der Waals surface area contributed by atoms with E-state index in [0.717, 1.165) is 36.4 Å². The number of hydrogen-bond donors (Lipinski definition) is 1. The van der Waals surface area contributed by atoms with Gasteiger partial charge in [-0.15, -0.1) is 0 Å². The molecule has 2 fully saturated rings. The molecule has 0 spiro atoms. The van der Waals surface area contributed by atoms with Crippen LogP contribution in [0.15, 0.2) is 6.33 Å². The second-order valence-corrected chi connectivity index (χ2v) is 5.09. The van der Waals surface area contributed by atoms with E-state index in [-0.39, 0.29) is 0 Å². The number of methoxy groups -OCH3 is 1. The Labute approximate surface area is 108 Å². The molecule has 2 bridgehead atoms. The fourth-order valence-corrected chi connectivity index (χ4v) is 3.23. The molecule has 1 aromatic rings. The summed E-state index contributed by atoms with van der Waals surface area (Å²) in [6.07, 6.45) is 5.59. The van der Waals surface area contributed by atoms with Gasteiger partial charge in [-0.1, -0.05) is 0 Å². The fourth-order valence-electron chi connectivity index (χ4n) is 3.23. The van der Waals surface area contributed by atoms with Gasteiger partial charge >= 0.3 is 0 Å². The topological polar surface area (TPSA) is 50.3 Å². The molecule has 1 aliphatic carbocycles. The molecule has 1 saturated heterocycles. The minimum absolute atomic E-state index is 0.647. The maximum absolute atomic E-state index is 5.52. The van der Waals surface area contributed by atoms with Gasteiger partial charge in [0.25, 0.3) is 0 Å². The van der Waals surface area contributed by atoms with E-state index in [1.165, 1.54) is 19.3 Å². The van der Waals surface area contributed by atoms with E-state index in [1.807, 2.05) is 0 Å². The molecule has 2 aliphatic rings. The van der Waals surface area contributed by atoms with Crippen LogP contribution in [0.2, 0.25) is 0 Å². The molecule has 1 saturated carbocycles. The van der Waals surface area contributed by atoms with Crippen molar-refractivity contribution in [3.63, 3.8) is 0 Å². The minimum Gasteiger partial charge on any atom is -0.490 e. The van der Waals surface area contributed by atoms with Crippen molar-refractivity contribution in [2.45, 2.75) is 32.2 Å². The van der Waals surface area contributed by atoms with Crippen molar-refractivity contribution in [1.29, 1.82) is 0 Å². The molecule has 98 valence electrons. The largest absolute Gasteiger partial charge is 0.490 e. The Morgan fingerprint density at radius 3 is 2.94 bits per heavy atom. The lowest BCUT2D eigenvalue weighted by Gasteiger charge is -2.29. The smallest absolute Gasteiger partial charge is 0.204 e. The van der Waals surface area contributed by atoms with Crippen LogP contribution in [-0.2, 0) is 0 Å². The molecule has 2 unspecified atom stereocenters. The molecule has 2 heterocycles. The molecule has 1 aromatic heterocycles. The summed E-state index contributed by atoms with van der Waals surface area (Å²) in [5.41, 5.74) is 0. The van der Waals surface area contributed by atoms with E-state index in [9.17, 15) is 0 Å². The lowest BCUT2D eigenvalue weighted by atomic mass is 10.1. The number of hydrogen-bond acceptors (Lipinski definition) is 5. The van der Waals surface area contributed by atoms with Crippen molar-refractivity contribution in [1.82, 2.24) is 9.97 Å². The van der Waals surface area contributed by atoms with E-state index in [4.69, 9.17) is 4.74 Å². The number of aromatic nitrogens is 2. The molecule has 0 radical (unpaired) electrons. The summed E-state index contributed by atoms with van der Waals surface area (Å²) in [6, 6.07) is 0.647. The molecule has 2 atom stereocenters. The molecule has 18 heavy (non-hydrogen) atoms. The molecule has 0 amide bonds. The zero-order valence-electron chi connectivity index (χ0n) is 11.0. The highest BCUT2D eigenvalue weighted by molar-refractivity contribution is 5.65. The van der Waals surface area contributed by atoms with Crippen LogP contribution in [0.5, 0.6) is 5.75 Å². The standard InChI is InChI=1S/C13H20N4O/c1-3-14-12-11(18-2)13(16-8-15-12)17-7-9-4-5-10(17)6-9/h8-10H,3-7H2,1-2H3,(H,14,15,16). The number of nitrogens with one attached hydrogen (secondary N) is 1. The molecule has 3 rings (SSSR count). The summed E-state index contributed by atoms with van der Waals surface area (Å²) >= 11 is 0. The first-order valence-electron chi connectivity index (χ1n) is 6.73. The Kier molecular flexibility index (Phi) is 2.97. The fraction of sp³-hybridized carbons (Fsp3) is 0.692.